The Bertz CT molecular complexity index is 717. The van der Waals surface area contributed by atoms with Crippen LogP contribution in [-0.4, -0.2) is 25.8 Å². The smallest absolute Gasteiger partial charge is 0.259 e. The van der Waals surface area contributed by atoms with Crippen LogP contribution in [0.3, 0.4) is 0 Å². The second-order valence-corrected chi connectivity index (χ2v) is 5.32. The molecule has 120 valence electrons. The molecule has 1 amide bonds. The average Bonchev–Trinajstić information content (AvgIpc) is 2.53. The number of rotatable bonds is 6. The Balaban J connectivity index is 1.83. The first-order valence-corrected chi connectivity index (χ1v) is 7.42. The second-order valence-electron chi connectivity index (χ2n) is 4.91. The van der Waals surface area contributed by atoms with Crippen molar-refractivity contribution in [3.05, 3.63) is 58.6 Å². The highest BCUT2D eigenvalue weighted by Gasteiger charge is 2.01. The lowest BCUT2D eigenvalue weighted by Crippen LogP contribution is -2.25. The van der Waals surface area contributed by atoms with Crippen LogP contribution in [0.15, 0.2) is 47.6 Å². The van der Waals surface area contributed by atoms with Crippen LogP contribution in [0.2, 0.25) is 5.02 Å². The Morgan fingerprint density at radius 2 is 2.13 bits per heavy atom. The molecular formula is C17H18ClN3O2. The quantitative estimate of drug-likeness (QED) is 0.631. The Hall–Kier alpha value is -2.53. The molecule has 5 nitrogen and oxygen atoms in total. The van der Waals surface area contributed by atoms with Gasteiger partial charge in [0.15, 0.2) is 0 Å². The third-order valence-corrected chi connectivity index (χ3v) is 3.35. The van der Waals surface area contributed by atoms with Gasteiger partial charge in [-0.05, 0) is 48.4 Å². The van der Waals surface area contributed by atoms with Crippen molar-refractivity contribution >= 4 is 29.4 Å². The van der Waals surface area contributed by atoms with Gasteiger partial charge in [0.2, 0.25) is 0 Å². The van der Waals surface area contributed by atoms with E-state index in [1.165, 1.54) is 6.21 Å². The minimum Gasteiger partial charge on any atom is -0.495 e. The fourth-order valence-corrected chi connectivity index (χ4v) is 2.18. The minimum absolute atomic E-state index is 0.143. The number of hydrogen-bond donors (Lipinski definition) is 2. The lowest BCUT2D eigenvalue weighted by molar-refractivity contribution is -0.119. The van der Waals surface area contributed by atoms with Gasteiger partial charge in [-0.3, -0.25) is 4.79 Å². The molecule has 0 atom stereocenters. The normalized spacial score (nSPS) is 10.6. The summed E-state index contributed by atoms with van der Waals surface area (Å²) in [5.41, 5.74) is 5.25. The third kappa shape index (κ3) is 5.30. The number of hydrogen-bond acceptors (Lipinski definition) is 4. The van der Waals surface area contributed by atoms with Crippen LogP contribution in [0.5, 0.6) is 5.75 Å². The van der Waals surface area contributed by atoms with Crippen molar-refractivity contribution in [2.45, 2.75) is 6.92 Å². The number of nitrogens with zero attached hydrogens (tertiary/aromatic N) is 1. The Kier molecular flexibility index (Phi) is 6.00. The molecule has 2 aromatic carbocycles. The number of methoxy groups -OCH3 is 1. The van der Waals surface area contributed by atoms with Gasteiger partial charge in [-0.25, -0.2) is 5.43 Å². The topological polar surface area (TPSA) is 62.7 Å². The van der Waals surface area contributed by atoms with Gasteiger partial charge < -0.3 is 10.1 Å². The number of nitrogens with one attached hydrogen (secondary N) is 2. The molecule has 0 spiro atoms. The van der Waals surface area contributed by atoms with Gasteiger partial charge in [0.1, 0.15) is 5.75 Å². The molecule has 0 saturated heterocycles. The molecule has 0 bridgehead atoms. The number of carbonyl (C=O) groups is 1. The fourth-order valence-electron chi connectivity index (χ4n) is 1.92. The Morgan fingerprint density at radius 3 is 2.83 bits per heavy atom. The summed E-state index contributed by atoms with van der Waals surface area (Å²) in [6, 6.07) is 13.0. The maximum Gasteiger partial charge on any atom is 0.259 e. The predicted octanol–water partition coefficient (Wildman–Crippen LogP) is 3.22. The number of anilines is 1. The minimum atomic E-state index is -0.234. The largest absolute Gasteiger partial charge is 0.495 e. The van der Waals surface area contributed by atoms with Crippen LogP contribution in [-0.2, 0) is 4.79 Å². The van der Waals surface area contributed by atoms with Gasteiger partial charge in [-0.1, -0.05) is 23.7 Å². The summed E-state index contributed by atoms with van der Waals surface area (Å²) in [6.45, 7) is 2.14. The highest BCUT2D eigenvalue weighted by atomic mass is 35.5. The zero-order chi connectivity index (χ0) is 16.7. The van der Waals surface area contributed by atoms with Crippen LogP contribution < -0.4 is 15.5 Å². The van der Waals surface area contributed by atoms with E-state index in [4.69, 9.17) is 16.3 Å². The Labute approximate surface area is 140 Å². The monoisotopic (exact) mass is 331 g/mol. The summed E-state index contributed by atoms with van der Waals surface area (Å²) in [5, 5.41) is 7.43. The van der Waals surface area contributed by atoms with Gasteiger partial charge in [0.05, 0.1) is 24.9 Å². The number of hydrazone groups is 1. The first-order valence-electron chi connectivity index (χ1n) is 7.04. The van der Waals surface area contributed by atoms with E-state index in [-0.39, 0.29) is 12.5 Å². The average molecular weight is 332 g/mol. The number of halogens is 1. The van der Waals surface area contributed by atoms with Crippen molar-refractivity contribution in [2.24, 2.45) is 5.10 Å². The molecule has 23 heavy (non-hydrogen) atoms. The van der Waals surface area contributed by atoms with Crippen LogP contribution in [0.4, 0.5) is 5.69 Å². The molecule has 0 aliphatic heterocycles. The molecule has 0 radical (unpaired) electrons. The number of aryl methyl sites for hydroxylation is 1. The van der Waals surface area contributed by atoms with E-state index in [0.29, 0.717) is 10.8 Å². The van der Waals surface area contributed by atoms with Crippen LogP contribution in [0, 0.1) is 6.92 Å². The summed E-state index contributed by atoms with van der Waals surface area (Å²) in [7, 11) is 1.55. The van der Waals surface area contributed by atoms with Gasteiger partial charge in [-0.2, -0.15) is 5.10 Å². The predicted molar refractivity (Wildman–Crippen MR) is 93.4 cm³/mol. The molecule has 2 rings (SSSR count). The summed E-state index contributed by atoms with van der Waals surface area (Å²) in [4.78, 5) is 11.7. The molecule has 0 aliphatic carbocycles. The van der Waals surface area contributed by atoms with Gasteiger partial charge in [-0.15, -0.1) is 0 Å². The van der Waals surface area contributed by atoms with Crippen molar-refractivity contribution in [3.63, 3.8) is 0 Å². The molecule has 0 aromatic heterocycles. The highest BCUT2D eigenvalue weighted by molar-refractivity contribution is 6.32. The van der Waals surface area contributed by atoms with Gasteiger partial charge in [0.25, 0.3) is 5.91 Å². The summed E-state index contributed by atoms with van der Waals surface area (Å²) in [6.07, 6.45) is 1.52. The standard InChI is InChI=1S/C17H18ClN3O2/c1-12-4-3-5-14(8-12)19-11-17(22)21-20-10-13-6-7-16(23-2)15(18)9-13/h3-10,19H,11H2,1-2H3,(H,21,22). The van der Waals surface area contributed by atoms with E-state index >= 15 is 0 Å². The third-order valence-electron chi connectivity index (χ3n) is 3.05. The highest BCUT2D eigenvalue weighted by Crippen LogP contribution is 2.24. The fraction of sp³-hybridized carbons (Fsp3) is 0.176. The summed E-state index contributed by atoms with van der Waals surface area (Å²) >= 11 is 6.02. The maximum absolute atomic E-state index is 11.7. The number of ether oxygens (including phenoxy) is 1. The van der Waals surface area contributed by atoms with Crippen molar-refractivity contribution in [2.75, 3.05) is 19.0 Å². The first kappa shape index (κ1) is 16.8. The molecule has 2 aromatic rings. The van der Waals surface area contributed by atoms with Crippen molar-refractivity contribution in [3.8, 4) is 5.75 Å². The van der Waals surface area contributed by atoms with Crippen molar-refractivity contribution < 1.29 is 9.53 Å². The summed E-state index contributed by atoms with van der Waals surface area (Å²) in [5.74, 6) is 0.359. The van der Waals surface area contributed by atoms with E-state index in [9.17, 15) is 4.79 Å². The van der Waals surface area contributed by atoms with E-state index in [0.717, 1.165) is 16.8 Å². The van der Waals surface area contributed by atoms with Crippen LogP contribution in [0.25, 0.3) is 0 Å². The van der Waals surface area contributed by atoms with Crippen LogP contribution >= 0.6 is 11.6 Å². The lowest BCUT2D eigenvalue weighted by Gasteiger charge is -2.06. The first-order chi connectivity index (χ1) is 11.1. The molecule has 0 heterocycles. The zero-order valence-corrected chi connectivity index (χ0v) is 13.7. The number of amides is 1. The lowest BCUT2D eigenvalue weighted by atomic mass is 10.2. The second kappa shape index (κ2) is 8.19. The number of benzene rings is 2. The zero-order valence-electron chi connectivity index (χ0n) is 13.0. The number of carbonyl (C=O) groups excluding carboxylic acids is 1. The molecule has 0 fully saturated rings. The molecule has 6 heteroatoms. The molecule has 2 N–H and O–H groups in total. The molecule has 0 saturated carbocycles. The van der Waals surface area contributed by atoms with E-state index in [1.54, 1.807) is 25.3 Å². The molecule has 0 unspecified atom stereocenters. The van der Waals surface area contributed by atoms with Gasteiger partial charge in [0, 0.05) is 5.69 Å². The van der Waals surface area contributed by atoms with Crippen LogP contribution in [0.1, 0.15) is 11.1 Å². The Morgan fingerprint density at radius 1 is 1.30 bits per heavy atom. The van der Waals surface area contributed by atoms with Crippen molar-refractivity contribution in [1.29, 1.82) is 0 Å². The van der Waals surface area contributed by atoms with E-state index < -0.39 is 0 Å². The summed E-state index contributed by atoms with van der Waals surface area (Å²) < 4.78 is 5.07. The van der Waals surface area contributed by atoms with Gasteiger partial charge >= 0.3 is 0 Å². The van der Waals surface area contributed by atoms with Crippen molar-refractivity contribution in [1.82, 2.24) is 5.43 Å². The molecular weight excluding hydrogens is 314 g/mol. The van der Waals surface area contributed by atoms with E-state index in [2.05, 4.69) is 15.8 Å². The van der Waals surface area contributed by atoms with E-state index in [1.807, 2.05) is 31.2 Å². The maximum atomic E-state index is 11.7. The molecule has 0 aliphatic rings. The SMILES string of the molecule is COc1ccc(C=NNC(=O)CNc2cccc(C)c2)cc1Cl.